The molecule has 3 aromatic rings. The van der Waals surface area contributed by atoms with E-state index >= 15 is 0 Å². The summed E-state index contributed by atoms with van der Waals surface area (Å²) in [4.78, 5) is 16.7. The molecular formula is C20H17ClFN3O2. The highest BCUT2D eigenvalue weighted by Crippen LogP contribution is 2.31. The molecule has 0 aliphatic carbocycles. The van der Waals surface area contributed by atoms with Crippen LogP contribution >= 0.6 is 11.6 Å². The first-order chi connectivity index (χ1) is 13.0. The van der Waals surface area contributed by atoms with Crippen LogP contribution in [0, 0.1) is 12.7 Å². The summed E-state index contributed by atoms with van der Waals surface area (Å²) in [6, 6.07) is 12.7. The molecule has 1 amide bonds. The number of benzene rings is 2. The second-order valence-electron chi connectivity index (χ2n) is 5.82. The number of pyridine rings is 1. The van der Waals surface area contributed by atoms with Crippen LogP contribution in [0.5, 0.6) is 5.75 Å². The highest BCUT2D eigenvalue weighted by atomic mass is 35.5. The number of nitrogens with zero attached hydrogens (tertiary/aromatic N) is 1. The highest BCUT2D eigenvalue weighted by Gasteiger charge is 2.13. The second-order valence-corrected chi connectivity index (χ2v) is 6.23. The minimum absolute atomic E-state index is 0.200. The molecule has 0 fully saturated rings. The molecule has 0 spiro atoms. The normalized spacial score (nSPS) is 10.4. The van der Waals surface area contributed by atoms with E-state index in [1.165, 1.54) is 25.4 Å². The van der Waals surface area contributed by atoms with Gasteiger partial charge in [-0.2, -0.15) is 0 Å². The molecule has 0 radical (unpaired) electrons. The van der Waals surface area contributed by atoms with Crippen LogP contribution in [-0.4, -0.2) is 18.0 Å². The number of nitrogens with one attached hydrogen (secondary N) is 2. The van der Waals surface area contributed by atoms with E-state index in [1.807, 2.05) is 6.92 Å². The Balaban J connectivity index is 1.81. The van der Waals surface area contributed by atoms with Crippen molar-refractivity contribution in [2.75, 3.05) is 17.7 Å². The van der Waals surface area contributed by atoms with Crippen LogP contribution in [0.4, 0.5) is 21.5 Å². The van der Waals surface area contributed by atoms with Gasteiger partial charge in [0.15, 0.2) is 0 Å². The number of amides is 1. The van der Waals surface area contributed by atoms with Crippen molar-refractivity contribution in [3.8, 4) is 5.75 Å². The molecule has 0 atom stereocenters. The lowest BCUT2D eigenvalue weighted by Crippen LogP contribution is -2.14. The quantitative estimate of drug-likeness (QED) is 0.634. The number of aromatic nitrogens is 1. The predicted octanol–water partition coefficient (Wildman–Crippen LogP) is 5.19. The molecule has 0 bridgehead atoms. The fourth-order valence-electron chi connectivity index (χ4n) is 2.48. The van der Waals surface area contributed by atoms with Gasteiger partial charge < -0.3 is 15.4 Å². The van der Waals surface area contributed by atoms with E-state index in [0.29, 0.717) is 27.8 Å². The Kier molecular flexibility index (Phi) is 5.57. The van der Waals surface area contributed by atoms with Crippen molar-refractivity contribution in [2.45, 2.75) is 6.92 Å². The maximum absolute atomic E-state index is 13.3. The van der Waals surface area contributed by atoms with Gasteiger partial charge in [-0.25, -0.2) is 4.39 Å². The SMILES string of the molecule is COc1cc(Cl)c(C)cc1NC(=O)c1cc(Nc2cccc(F)c2)ccn1. The predicted molar refractivity (Wildman–Crippen MR) is 105 cm³/mol. The van der Waals surface area contributed by atoms with E-state index in [0.717, 1.165) is 5.56 Å². The molecule has 0 unspecified atom stereocenters. The zero-order valence-corrected chi connectivity index (χ0v) is 15.5. The van der Waals surface area contributed by atoms with Crippen LogP contribution in [0.1, 0.15) is 16.1 Å². The summed E-state index contributed by atoms with van der Waals surface area (Å²) >= 11 is 6.09. The third kappa shape index (κ3) is 4.54. The van der Waals surface area contributed by atoms with Gasteiger partial charge in [0.2, 0.25) is 0 Å². The van der Waals surface area contributed by atoms with E-state index < -0.39 is 5.91 Å². The van der Waals surface area contributed by atoms with Crippen LogP contribution in [-0.2, 0) is 0 Å². The Hall–Kier alpha value is -3.12. The Morgan fingerprint density at radius 2 is 1.93 bits per heavy atom. The summed E-state index contributed by atoms with van der Waals surface area (Å²) in [7, 11) is 1.50. The molecule has 2 N–H and O–H groups in total. The van der Waals surface area contributed by atoms with E-state index in [2.05, 4.69) is 15.6 Å². The summed E-state index contributed by atoms with van der Waals surface area (Å²) in [6.07, 6.45) is 1.50. The van der Waals surface area contributed by atoms with Gasteiger partial charge in [0.1, 0.15) is 17.3 Å². The smallest absolute Gasteiger partial charge is 0.274 e. The minimum atomic E-state index is -0.405. The molecule has 3 rings (SSSR count). The zero-order chi connectivity index (χ0) is 19.4. The summed E-state index contributed by atoms with van der Waals surface area (Å²) in [6.45, 7) is 1.83. The van der Waals surface area contributed by atoms with E-state index in [1.54, 1.807) is 36.4 Å². The third-order valence-corrected chi connectivity index (χ3v) is 4.24. The summed E-state index contributed by atoms with van der Waals surface area (Å²) < 4.78 is 18.6. The number of carbonyl (C=O) groups excluding carboxylic acids is 1. The van der Waals surface area contributed by atoms with Crippen molar-refractivity contribution in [1.29, 1.82) is 0 Å². The number of methoxy groups -OCH3 is 1. The van der Waals surface area contributed by atoms with E-state index in [-0.39, 0.29) is 11.5 Å². The number of carbonyl (C=O) groups is 1. The summed E-state index contributed by atoms with van der Waals surface area (Å²) in [5.74, 6) is -0.303. The Labute approximate surface area is 161 Å². The Bertz CT molecular complexity index is 995. The fraction of sp³-hybridized carbons (Fsp3) is 0.100. The first-order valence-corrected chi connectivity index (χ1v) is 8.48. The number of hydrogen-bond donors (Lipinski definition) is 2. The average molecular weight is 386 g/mol. The van der Waals surface area contributed by atoms with Gasteiger partial charge in [-0.3, -0.25) is 9.78 Å². The molecule has 0 aliphatic rings. The molecule has 27 heavy (non-hydrogen) atoms. The van der Waals surface area contributed by atoms with E-state index in [4.69, 9.17) is 16.3 Å². The molecule has 5 nitrogen and oxygen atoms in total. The van der Waals surface area contributed by atoms with Crippen LogP contribution < -0.4 is 15.4 Å². The van der Waals surface area contributed by atoms with Gasteiger partial charge in [-0.05, 0) is 48.9 Å². The first-order valence-electron chi connectivity index (χ1n) is 8.10. The van der Waals surface area contributed by atoms with Crippen molar-refractivity contribution in [1.82, 2.24) is 4.98 Å². The third-order valence-electron chi connectivity index (χ3n) is 3.83. The fourth-order valence-corrected chi connectivity index (χ4v) is 2.64. The molecule has 0 saturated carbocycles. The number of hydrogen-bond acceptors (Lipinski definition) is 4. The number of ether oxygens (including phenoxy) is 1. The van der Waals surface area contributed by atoms with E-state index in [9.17, 15) is 9.18 Å². The van der Waals surface area contributed by atoms with Crippen molar-refractivity contribution in [3.63, 3.8) is 0 Å². The molecule has 2 aromatic carbocycles. The number of anilines is 3. The number of rotatable bonds is 5. The van der Waals surface area contributed by atoms with Crippen LogP contribution in [0.15, 0.2) is 54.7 Å². The van der Waals surface area contributed by atoms with Gasteiger partial charge in [0.05, 0.1) is 12.8 Å². The van der Waals surface area contributed by atoms with Crippen molar-refractivity contribution in [3.05, 3.63) is 76.8 Å². The molecule has 7 heteroatoms. The van der Waals surface area contributed by atoms with Gasteiger partial charge in [0, 0.05) is 28.7 Å². The highest BCUT2D eigenvalue weighted by molar-refractivity contribution is 6.31. The zero-order valence-electron chi connectivity index (χ0n) is 14.7. The van der Waals surface area contributed by atoms with Crippen molar-refractivity contribution >= 4 is 34.6 Å². The Morgan fingerprint density at radius 3 is 2.67 bits per heavy atom. The molecular weight excluding hydrogens is 369 g/mol. The van der Waals surface area contributed by atoms with Gasteiger partial charge in [-0.1, -0.05) is 17.7 Å². The maximum atomic E-state index is 13.3. The van der Waals surface area contributed by atoms with Crippen molar-refractivity contribution < 1.29 is 13.9 Å². The maximum Gasteiger partial charge on any atom is 0.274 e. The largest absolute Gasteiger partial charge is 0.495 e. The molecule has 1 aromatic heterocycles. The Morgan fingerprint density at radius 1 is 1.15 bits per heavy atom. The monoisotopic (exact) mass is 385 g/mol. The van der Waals surface area contributed by atoms with Crippen LogP contribution in [0.25, 0.3) is 0 Å². The van der Waals surface area contributed by atoms with Gasteiger partial charge in [0.25, 0.3) is 5.91 Å². The molecule has 0 aliphatic heterocycles. The lowest BCUT2D eigenvalue weighted by atomic mass is 10.2. The van der Waals surface area contributed by atoms with Gasteiger partial charge >= 0.3 is 0 Å². The lowest BCUT2D eigenvalue weighted by molar-refractivity contribution is 0.102. The standard InChI is InChI=1S/C20H17ClFN3O2/c1-12-8-17(19(27-2)11-16(12)21)25-20(26)18-10-15(6-7-23-18)24-14-5-3-4-13(22)9-14/h3-11H,1-2H3,(H,23,24)(H,25,26). The summed E-state index contributed by atoms with van der Waals surface area (Å²) in [5.41, 5.74) is 2.69. The van der Waals surface area contributed by atoms with Crippen LogP contribution in [0.2, 0.25) is 5.02 Å². The van der Waals surface area contributed by atoms with Crippen molar-refractivity contribution in [2.24, 2.45) is 0 Å². The van der Waals surface area contributed by atoms with Crippen LogP contribution in [0.3, 0.4) is 0 Å². The topological polar surface area (TPSA) is 63.2 Å². The minimum Gasteiger partial charge on any atom is -0.495 e. The summed E-state index contributed by atoms with van der Waals surface area (Å²) in [5, 5.41) is 6.36. The first kappa shape index (κ1) is 18.7. The second kappa shape index (κ2) is 8.05. The number of aryl methyl sites for hydroxylation is 1. The number of halogens is 2. The van der Waals surface area contributed by atoms with Gasteiger partial charge in [-0.15, -0.1) is 0 Å². The molecule has 138 valence electrons. The molecule has 0 saturated heterocycles. The average Bonchev–Trinajstić information content (AvgIpc) is 2.64. The molecule has 1 heterocycles. The lowest BCUT2D eigenvalue weighted by Gasteiger charge is -2.12.